The van der Waals surface area contributed by atoms with Crippen molar-refractivity contribution in [3.8, 4) is 0 Å². The molecule has 0 heterocycles. The predicted octanol–water partition coefficient (Wildman–Crippen LogP) is 0.118. The minimum Gasteiger partial charge on any atom is -0.480 e. The maximum atomic E-state index is 11.6. The maximum absolute atomic E-state index is 11.6. The van der Waals surface area contributed by atoms with Crippen LogP contribution in [0.5, 0.6) is 0 Å². The zero-order valence-electron chi connectivity index (χ0n) is 11.8. The van der Waals surface area contributed by atoms with Crippen LogP contribution in [0.1, 0.15) is 12.5 Å². The Bertz CT molecular complexity index is 490. The van der Waals surface area contributed by atoms with E-state index in [1.165, 1.54) is 6.92 Å². The van der Waals surface area contributed by atoms with Crippen LogP contribution >= 0.6 is 0 Å². The van der Waals surface area contributed by atoms with E-state index in [-0.39, 0.29) is 18.9 Å². The highest BCUT2D eigenvalue weighted by atomic mass is 16.4. The van der Waals surface area contributed by atoms with Crippen LogP contribution in [0.2, 0.25) is 0 Å². The van der Waals surface area contributed by atoms with Crippen molar-refractivity contribution in [2.75, 3.05) is 13.1 Å². The minimum atomic E-state index is -1.10. The molecular weight excluding hydrogens is 274 g/mol. The Kier molecular flexibility index (Phi) is 6.73. The van der Waals surface area contributed by atoms with Gasteiger partial charge in [0.25, 0.3) is 0 Å². The van der Waals surface area contributed by atoms with Crippen LogP contribution in [-0.2, 0) is 16.0 Å². The lowest BCUT2D eigenvalue weighted by atomic mass is 10.1. The highest BCUT2D eigenvalue weighted by Crippen LogP contribution is 2.03. The average molecular weight is 293 g/mol. The molecule has 0 saturated carbocycles. The molecule has 0 unspecified atom stereocenters. The lowest BCUT2D eigenvalue weighted by Gasteiger charge is -2.15. The molecule has 0 saturated heterocycles. The summed E-state index contributed by atoms with van der Waals surface area (Å²) in [6.07, 6.45) is 0.204. The number of aliphatic carboxylic acids is 1. The molecule has 21 heavy (non-hydrogen) atoms. The zero-order chi connectivity index (χ0) is 15.7. The van der Waals surface area contributed by atoms with Crippen LogP contribution in [0, 0.1) is 0 Å². The van der Waals surface area contributed by atoms with E-state index in [0.717, 1.165) is 5.56 Å². The fraction of sp³-hybridized carbons (Fsp3) is 0.357. The second-order valence-corrected chi connectivity index (χ2v) is 4.46. The van der Waals surface area contributed by atoms with Crippen molar-refractivity contribution in [3.63, 3.8) is 0 Å². The van der Waals surface area contributed by atoms with Crippen LogP contribution < -0.4 is 16.0 Å². The number of nitrogens with one attached hydrogen (secondary N) is 3. The fourth-order valence-electron chi connectivity index (χ4n) is 1.67. The van der Waals surface area contributed by atoms with Crippen molar-refractivity contribution < 1.29 is 19.5 Å². The van der Waals surface area contributed by atoms with Gasteiger partial charge in [0.05, 0.1) is 0 Å². The summed E-state index contributed by atoms with van der Waals surface area (Å²) in [4.78, 5) is 33.4. The molecule has 1 rings (SSSR count). The number of hydrogen-bond donors (Lipinski definition) is 4. The molecule has 4 N–H and O–H groups in total. The van der Waals surface area contributed by atoms with Gasteiger partial charge in [-0.25, -0.2) is 9.59 Å². The van der Waals surface area contributed by atoms with Gasteiger partial charge in [0, 0.05) is 26.4 Å². The Balaban J connectivity index is 2.41. The lowest BCUT2D eigenvalue weighted by molar-refractivity contribution is -0.139. The Morgan fingerprint density at radius 2 is 1.71 bits per heavy atom. The van der Waals surface area contributed by atoms with Crippen LogP contribution in [-0.4, -0.2) is 42.1 Å². The van der Waals surface area contributed by atoms with E-state index in [0.29, 0.717) is 6.54 Å². The highest BCUT2D eigenvalue weighted by Gasteiger charge is 2.19. The number of carbonyl (C=O) groups excluding carboxylic acids is 2. The number of urea groups is 1. The van der Waals surface area contributed by atoms with Gasteiger partial charge in [0.15, 0.2) is 0 Å². The van der Waals surface area contributed by atoms with Crippen LogP contribution in [0.25, 0.3) is 0 Å². The second-order valence-electron chi connectivity index (χ2n) is 4.46. The molecule has 3 amide bonds. The average Bonchev–Trinajstić information content (AvgIpc) is 2.44. The van der Waals surface area contributed by atoms with Crippen molar-refractivity contribution in [1.82, 2.24) is 16.0 Å². The molecule has 0 spiro atoms. The summed E-state index contributed by atoms with van der Waals surface area (Å²) in [7, 11) is 0. The quantitative estimate of drug-likeness (QED) is 0.535. The van der Waals surface area contributed by atoms with Crippen molar-refractivity contribution in [2.24, 2.45) is 0 Å². The Morgan fingerprint density at radius 3 is 2.29 bits per heavy atom. The number of carboxylic acid groups (broad SMARTS) is 1. The summed E-state index contributed by atoms with van der Waals surface area (Å²) in [6, 6.07) is 7.46. The second kappa shape index (κ2) is 8.57. The molecule has 1 aromatic carbocycles. The number of benzene rings is 1. The molecule has 114 valence electrons. The largest absolute Gasteiger partial charge is 0.480 e. The topological polar surface area (TPSA) is 108 Å². The van der Waals surface area contributed by atoms with E-state index in [2.05, 4.69) is 16.0 Å². The molecule has 1 aromatic rings. The lowest BCUT2D eigenvalue weighted by Crippen LogP contribution is -2.48. The Hall–Kier alpha value is -2.57. The first-order valence-electron chi connectivity index (χ1n) is 6.54. The third kappa shape index (κ3) is 6.95. The first-order valence-corrected chi connectivity index (χ1v) is 6.54. The molecule has 0 aliphatic carbocycles. The molecule has 0 bridgehead atoms. The Morgan fingerprint density at radius 1 is 1.10 bits per heavy atom. The molecule has 0 radical (unpaired) electrons. The highest BCUT2D eigenvalue weighted by molar-refractivity contribution is 5.82. The SMILES string of the molecule is CC(=O)NCCNC(=O)N[C@@H](Cc1ccccc1)C(=O)O. The van der Waals surface area contributed by atoms with Gasteiger partial charge < -0.3 is 21.1 Å². The van der Waals surface area contributed by atoms with Gasteiger partial charge in [-0.3, -0.25) is 4.79 Å². The molecular formula is C14H19N3O4. The minimum absolute atomic E-state index is 0.190. The van der Waals surface area contributed by atoms with E-state index >= 15 is 0 Å². The van der Waals surface area contributed by atoms with Gasteiger partial charge in [-0.1, -0.05) is 30.3 Å². The van der Waals surface area contributed by atoms with Gasteiger partial charge in [0.2, 0.25) is 5.91 Å². The number of carboxylic acids is 1. The third-order valence-corrected chi connectivity index (χ3v) is 2.67. The van der Waals surface area contributed by atoms with Gasteiger partial charge in [0.1, 0.15) is 6.04 Å². The van der Waals surface area contributed by atoms with Gasteiger partial charge in [-0.2, -0.15) is 0 Å². The third-order valence-electron chi connectivity index (χ3n) is 2.67. The predicted molar refractivity (Wildman–Crippen MR) is 76.8 cm³/mol. The number of amides is 3. The van der Waals surface area contributed by atoms with E-state index in [4.69, 9.17) is 5.11 Å². The first-order chi connectivity index (χ1) is 9.99. The normalized spacial score (nSPS) is 11.3. The summed E-state index contributed by atoms with van der Waals surface area (Å²) in [5.41, 5.74) is 0.823. The standard InChI is InChI=1S/C14H19N3O4/c1-10(18)15-7-8-16-14(21)17-12(13(19)20)9-11-5-3-2-4-6-11/h2-6,12H,7-9H2,1H3,(H,15,18)(H,19,20)(H2,16,17,21)/t12-/m0/s1. The van der Waals surface area contributed by atoms with Crippen molar-refractivity contribution in [2.45, 2.75) is 19.4 Å². The van der Waals surface area contributed by atoms with E-state index < -0.39 is 18.0 Å². The van der Waals surface area contributed by atoms with Crippen LogP contribution in [0.4, 0.5) is 4.79 Å². The summed E-state index contributed by atoms with van der Waals surface area (Å²) >= 11 is 0. The van der Waals surface area contributed by atoms with E-state index in [1.807, 2.05) is 18.2 Å². The smallest absolute Gasteiger partial charge is 0.326 e. The van der Waals surface area contributed by atoms with Crippen molar-refractivity contribution in [1.29, 1.82) is 0 Å². The maximum Gasteiger partial charge on any atom is 0.326 e. The monoisotopic (exact) mass is 293 g/mol. The van der Waals surface area contributed by atoms with Gasteiger partial charge in [-0.15, -0.1) is 0 Å². The van der Waals surface area contributed by atoms with Crippen molar-refractivity contribution >= 4 is 17.9 Å². The summed E-state index contributed by atoms with van der Waals surface area (Å²) in [5, 5.41) is 16.5. The molecule has 0 aliphatic heterocycles. The molecule has 1 atom stereocenters. The fourth-order valence-corrected chi connectivity index (χ4v) is 1.67. The summed E-state index contributed by atoms with van der Waals surface area (Å²) in [5.74, 6) is -1.29. The van der Waals surface area contributed by atoms with Crippen LogP contribution in [0.3, 0.4) is 0 Å². The molecule has 0 aliphatic rings. The molecule has 7 nitrogen and oxygen atoms in total. The first kappa shape index (κ1) is 16.5. The Labute approximate surface area is 122 Å². The van der Waals surface area contributed by atoms with E-state index in [1.54, 1.807) is 12.1 Å². The van der Waals surface area contributed by atoms with E-state index in [9.17, 15) is 14.4 Å². The molecule has 0 aromatic heterocycles. The number of hydrogen-bond acceptors (Lipinski definition) is 3. The molecule has 7 heteroatoms. The van der Waals surface area contributed by atoms with Gasteiger partial charge >= 0.3 is 12.0 Å². The summed E-state index contributed by atoms with van der Waals surface area (Å²) < 4.78 is 0. The number of rotatable bonds is 7. The summed E-state index contributed by atoms with van der Waals surface area (Å²) in [6.45, 7) is 1.89. The number of carbonyl (C=O) groups is 3. The zero-order valence-corrected chi connectivity index (χ0v) is 11.8. The van der Waals surface area contributed by atoms with Crippen molar-refractivity contribution in [3.05, 3.63) is 35.9 Å². The van der Waals surface area contributed by atoms with Gasteiger partial charge in [-0.05, 0) is 5.56 Å². The van der Waals surface area contributed by atoms with Crippen LogP contribution in [0.15, 0.2) is 30.3 Å². The molecule has 0 fully saturated rings.